The van der Waals surface area contributed by atoms with Crippen molar-refractivity contribution in [3.8, 4) is 0 Å². The van der Waals surface area contributed by atoms with Gasteiger partial charge in [0.1, 0.15) is 0 Å². The monoisotopic (exact) mass is 266 g/mol. The highest BCUT2D eigenvalue weighted by Crippen LogP contribution is 2.32. The van der Waals surface area contributed by atoms with E-state index in [-0.39, 0.29) is 8.68 Å². The van der Waals surface area contributed by atoms with Gasteiger partial charge in [0.15, 0.2) is 8.68 Å². The Balaban J connectivity index is 1.93. The van der Waals surface area contributed by atoms with E-state index >= 15 is 0 Å². The number of nitrogens with one attached hydrogen (secondary N) is 1. The van der Waals surface area contributed by atoms with Gasteiger partial charge in [-0.25, -0.2) is 18.1 Å². The highest BCUT2D eigenvalue weighted by Gasteiger charge is 2.22. The molecule has 4 nitrogen and oxygen atoms in total. The number of nitrogens with zero attached hydrogens (tertiary/aromatic N) is 1. The Morgan fingerprint density at radius 3 is 2.87 bits per heavy atom. The molecule has 1 saturated carbocycles. The lowest BCUT2D eigenvalue weighted by molar-refractivity contribution is 0.577. The second-order valence-electron chi connectivity index (χ2n) is 3.56. The molecule has 1 aliphatic rings. The predicted molar refractivity (Wildman–Crippen MR) is 59.7 cm³/mol. The minimum absolute atomic E-state index is 0.184. The van der Waals surface area contributed by atoms with Gasteiger partial charge >= 0.3 is 0 Å². The molecule has 0 bridgehead atoms. The molecule has 84 valence electrons. The molecule has 1 fully saturated rings. The minimum atomic E-state index is -3.39. The maximum atomic E-state index is 11.6. The summed E-state index contributed by atoms with van der Waals surface area (Å²) in [5, 5.41) is 0. The SMILES string of the molecule is O=S(=O)(NCCC1CC1)c1cnc(Cl)s1. The standard InChI is InChI=1S/C8H11ClN2O2S2/c9-8-10-5-7(14-8)15(12,13)11-4-3-6-1-2-6/h5-6,11H,1-4H2. The Kier molecular flexibility index (Phi) is 3.30. The van der Waals surface area contributed by atoms with Gasteiger partial charge in [-0.3, -0.25) is 0 Å². The molecule has 7 heteroatoms. The van der Waals surface area contributed by atoms with E-state index in [0.717, 1.165) is 23.7 Å². The molecule has 0 saturated heterocycles. The molecule has 0 spiro atoms. The van der Waals surface area contributed by atoms with Gasteiger partial charge < -0.3 is 0 Å². The molecule has 0 radical (unpaired) electrons. The summed E-state index contributed by atoms with van der Waals surface area (Å²) < 4.78 is 26.3. The van der Waals surface area contributed by atoms with Crippen molar-refractivity contribution < 1.29 is 8.42 Å². The summed E-state index contributed by atoms with van der Waals surface area (Å²) in [6.45, 7) is 0.502. The number of halogens is 1. The second kappa shape index (κ2) is 4.37. The van der Waals surface area contributed by atoms with Crippen LogP contribution in [0.25, 0.3) is 0 Å². The molecular weight excluding hydrogens is 256 g/mol. The molecule has 0 amide bonds. The topological polar surface area (TPSA) is 59.1 Å². The van der Waals surface area contributed by atoms with E-state index in [4.69, 9.17) is 11.6 Å². The quantitative estimate of drug-likeness (QED) is 0.885. The van der Waals surface area contributed by atoms with Crippen LogP contribution in [0.1, 0.15) is 19.3 Å². The lowest BCUT2D eigenvalue weighted by Gasteiger charge is -2.02. The van der Waals surface area contributed by atoms with Gasteiger partial charge in [0.25, 0.3) is 10.0 Å². The summed E-state index contributed by atoms with van der Waals surface area (Å²) in [6.07, 6.45) is 4.67. The first-order chi connectivity index (χ1) is 7.08. The van der Waals surface area contributed by atoms with E-state index < -0.39 is 10.0 Å². The largest absolute Gasteiger partial charge is 0.251 e. The Morgan fingerprint density at radius 1 is 1.60 bits per heavy atom. The molecule has 15 heavy (non-hydrogen) atoms. The maximum Gasteiger partial charge on any atom is 0.251 e. The average molecular weight is 267 g/mol. The van der Waals surface area contributed by atoms with Crippen LogP contribution in [0.2, 0.25) is 4.47 Å². The Bertz CT molecular complexity index is 439. The smallest absolute Gasteiger partial charge is 0.232 e. The summed E-state index contributed by atoms with van der Waals surface area (Å²) in [5.74, 6) is 0.720. The van der Waals surface area contributed by atoms with Crippen molar-refractivity contribution in [1.82, 2.24) is 9.71 Å². The zero-order chi connectivity index (χ0) is 10.9. The van der Waals surface area contributed by atoms with Crippen LogP contribution in [0.5, 0.6) is 0 Å². The Hall–Kier alpha value is -0.170. The van der Waals surface area contributed by atoms with Crippen LogP contribution < -0.4 is 4.72 Å². The van der Waals surface area contributed by atoms with Crippen LogP contribution in [0, 0.1) is 5.92 Å². The number of hydrogen-bond donors (Lipinski definition) is 1. The highest BCUT2D eigenvalue weighted by atomic mass is 35.5. The first-order valence-corrected chi connectivity index (χ1v) is 7.37. The van der Waals surface area contributed by atoms with E-state index in [1.165, 1.54) is 19.0 Å². The van der Waals surface area contributed by atoms with Crippen molar-refractivity contribution in [1.29, 1.82) is 0 Å². The third-order valence-electron chi connectivity index (χ3n) is 2.26. The van der Waals surface area contributed by atoms with Crippen LogP contribution in [0.4, 0.5) is 0 Å². The zero-order valence-corrected chi connectivity index (χ0v) is 10.3. The van der Waals surface area contributed by atoms with E-state index in [1.54, 1.807) is 0 Å². The summed E-state index contributed by atoms with van der Waals surface area (Å²) in [4.78, 5) is 3.70. The van der Waals surface area contributed by atoms with Crippen molar-refractivity contribution >= 4 is 33.0 Å². The van der Waals surface area contributed by atoms with Gasteiger partial charge in [-0.1, -0.05) is 35.8 Å². The molecule has 1 aliphatic carbocycles. The summed E-state index contributed by atoms with van der Waals surface area (Å²) >= 11 is 6.55. The Morgan fingerprint density at radius 2 is 2.33 bits per heavy atom. The van der Waals surface area contributed by atoms with Gasteiger partial charge in [-0.2, -0.15) is 0 Å². The van der Waals surface area contributed by atoms with Gasteiger partial charge in [0.05, 0.1) is 6.20 Å². The number of rotatable bonds is 5. The van der Waals surface area contributed by atoms with Crippen LogP contribution in [0.15, 0.2) is 10.4 Å². The maximum absolute atomic E-state index is 11.6. The van der Waals surface area contributed by atoms with Crippen molar-refractivity contribution in [3.05, 3.63) is 10.7 Å². The molecule has 2 rings (SSSR count). The van der Waals surface area contributed by atoms with Crippen molar-refractivity contribution in [3.63, 3.8) is 0 Å². The fourth-order valence-electron chi connectivity index (χ4n) is 1.24. The third-order valence-corrected chi connectivity index (χ3v) is 5.30. The van der Waals surface area contributed by atoms with Gasteiger partial charge in [-0.05, 0) is 12.3 Å². The normalized spacial score (nSPS) is 16.9. The van der Waals surface area contributed by atoms with Crippen LogP contribution >= 0.6 is 22.9 Å². The first kappa shape index (κ1) is 11.3. The number of hydrogen-bond acceptors (Lipinski definition) is 4. The second-order valence-corrected chi connectivity index (χ2v) is 7.17. The zero-order valence-electron chi connectivity index (χ0n) is 7.94. The number of thiazole rings is 1. The number of aromatic nitrogens is 1. The minimum Gasteiger partial charge on any atom is -0.232 e. The molecule has 0 aromatic carbocycles. The van der Waals surface area contributed by atoms with Gasteiger partial charge in [-0.15, -0.1) is 0 Å². The van der Waals surface area contributed by atoms with Crippen molar-refractivity contribution in [2.75, 3.05) is 6.54 Å². The average Bonchev–Trinajstić information content (AvgIpc) is 2.86. The molecule has 1 N–H and O–H groups in total. The summed E-state index contributed by atoms with van der Waals surface area (Å²) in [7, 11) is -3.39. The molecule has 1 heterocycles. The molecule has 1 aromatic heterocycles. The van der Waals surface area contributed by atoms with Crippen molar-refractivity contribution in [2.24, 2.45) is 5.92 Å². The van der Waals surface area contributed by atoms with Crippen molar-refractivity contribution in [2.45, 2.75) is 23.5 Å². The molecular formula is C8H11ClN2O2S2. The Labute approximate surface area is 97.7 Å². The van der Waals surface area contributed by atoms with E-state index in [9.17, 15) is 8.42 Å². The predicted octanol–water partition coefficient (Wildman–Crippen LogP) is 1.87. The molecule has 0 aliphatic heterocycles. The lowest BCUT2D eigenvalue weighted by Crippen LogP contribution is -2.24. The third kappa shape index (κ3) is 3.14. The van der Waals surface area contributed by atoms with Gasteiger partial charge in [0.2, 0.25) is 0 Å². The van der Waals surface area contributed by atoms with E-state index in [1.807, 2.05) is 0 Å². The lowest BCUT2D eigenvalue weighted by atomic mass is 10.3. The van der Waals surface area contributed by atoms with E-state index in [2.05, 4.69) is 9.71 Å². The molecule has 0 atom stereocenters. The summed E-state index contributed by atoms with van der Waals surface area (Å²) in [6, 6.07) is 0. The molecule has 0 unspecified atom stereocenters. The van der Waals surface area contributed by atoms with Crippen LogP contribution in [-0.4, -0.2) is 19.9 Å². The fourth-order valence-corrected chi connectivity index (χ4v) is 3.62. The van der Waals surface area contributed by atoms with Crippen LogP contribution in [0.3, 0.4) is 0 Å². The van der Waals surface area contributed by atoms with Crippen LogP contribution in [-0.2, 0) is 10.0 Å². The first-order valence-electron chi connectivity index (χ1n) is 4.69. The summed E-state index contributed by atoms with van der Waals surface area (Å²) in [5.41, 5.74) is 0. The molecule has 1 aromatic rings. The fraction of sp³-hybridized carbons (Fsp3) is 0.625. The van der Waals surface area contributed by atoms with E-state index in [0.29, 0.717) is 6.54 Å². The highest BCUT2D eigenvalue weighted by molar-refractivity contribution is 7.91. The number of sulfonamides is 1. The van der Waals surface area contributed by atoms with Gasteiger partial charge in [0, 0.05) is 6.54 Å².